The van der Waals surface area contributed by atoms with Gasteiger partial charge in [-0.25, -0.2) is 4.98 Å². The lowest BCUT2D eigenvalue weighted by Crippen LogP contribution is -2.44. The average molecular weight is 467 g/mol. The minimum Gasteiger partial charge on any atom is -0.355 e. The van der Waals surface area contributed by atoms with Crippen molar-refractivity contribution in [1.29, 1.82) is 0 Å². The smallest absolute Gasteiger partial charge is 0.263 e. The number of unbranched alkanes of at least 4 members (excludes halogenated alkanes) is 2. The summed E-state index contributed by atoms with van der Waals surface area (Å²) in [6, 6.07) is 0.391. The summed E-state index contributed by atoms with van der Waals surface area (Å²) in [4.78, 5) is 20.9. The third kappa shape index (κ3) is 8.81. The molecule has 1 unspecified atom stereocenters. The first-order valence-corrected chi connectivity index (χ1v) is 9.11. The molecule has 0 saturated heterocycles. The molecule has 24 heavy (non-hydrogen) atoms. The predicted octanol–water partition coefficient (Wildman–Crippen LogP) is 2.93. The van der Waals surface area contributed by atoms with Crippen molar-refractivity contribution in [3.05, 3.63) is 16.1 Å². The normalized spacial score (nSPS) is 12.2. The molecule has 0 saturated carbocycles. The fourth-order valence-electron chi connectivity index (χ4n) is 2.16. The van der Waals surface area contributed by atoms with Crippen LogP contribution in [-0.4, -0.2) is 43.0 Å². The van der Waals surface area contributed by atoms with Crippen molar-refractivity contribution in [3.63, 3.8) is 0 Å². The number of hydrogen-bond donors (Lipinski definition) is 3. The Morgan fingerprint density at radius 2 is 2.04 bits per heavy atom. The number of hydrogen-bond acceptors (Lipinski definition) is 4. The van der Waals surface area contributed by atoms with E-state index >= 15 is 0 Å². The first-order chi connectivity index (χ1) is 11.1. The van der Waals surface area contributed by atoms with E-state index < -0.39 is 0 Å². The van der Waals surface area contributed by atoms with Crippen LogP contribution in [0.5, 0.6) is 0 Å². The molecular weight excluding hydrogens is 437 g/mol. The van der Waals surface area contributed by atoms with Crippen LogP contribution in [0, 0.1) is 6.92 Å². The molecule has 0 aliphatic heterocycles. The highest BCUT2D eigenvalue weighted by Crippen LogP contribution is 2.11. The van der Waals surface area contributed by atoms with Crippen molar-refractivity contribution in [2.75, 3.05) is 20.1 Å². The van der Waals surface area contributed by atoms with Crippen LogP contribution >= 0.6 is 35.3 Å². The molecule has 0 fully saturated rings. The maximum absolute atomic E-state index is 12.0. The fraction of sp³-hybridized carbons (Fsp3) is 0.688. The first-order valence-electron chi connectivity index (χ1n) is 8.24. The average Bonchev–Trinajstić information content (AvgIpc) is 2.96. The number of carbonyl (C=O) groups is 1. The summed E-state index contributed by atoms with van der Waals surface area (Å²) >= 11 is 1.36. The maximum atomic E-state index is 12.0. The van der Waals surface area contributed by atoms with E-state index in [4.69, 9.17) is 0 Å². The maximum Gasteiger partial charge on any atom is 0.263 e. The molecule has 1 atom stereocenters. The fourth-order valence-corrected chi connectivity index (χ4v) is 2.88. The van der Waals surface area contributed by atoms with Crippen LogP contribution in [0.25, 0.3) is 0 Å². The zero-order valence-electron chi connectivity index (χ0n) is 15.0. The number of guanidine groups is 1. The molecule has 6 nitrogen and oxygen atoms in total. The zero-order valence-corrected chi connectivity index (χ0v) is 18.2. The summed E-state index contributed by atoms with van der Waals surface area (Å²) in [5.41, 5.74) is 2.47. The van der Waals surface area contributed by atoms with Crippen molar-refractivity contribution in [1.82, 2.24) is 20.9 Å². The van der Waals surface area contributed by atoms with Crippen LogP contribution in [-0.2, 0) is 0 Å². The highest BCUT2D eigenvalue weighted by molar-refractivity contribution is 14.0. The predicted molar refractivity (Wildman–Crippen MR) is 113 cm³/mol. The van der Waals surface area contributed by atoms with Gasteiger partial charge in [-0.2, -0.15) is 0 Å². The van der Waals surface area contributed by atoms with Crippen LogP contribution in [0.2, 0.25) is 0 Å². The Kier molecular flexibility index (Phi) is 12.9. The molecule has 0 aliphatic carbocycles. The van der Waals surface area contributed by atoms with Gasteiger partial charge < -0.3 is 16.0 Å². The van der Waals surface area contributed by atoms with Crippen molar-refractivity contribution in [3.8, 4) is 0 Å². The van der Waals surface area contributed by atoms with E-state index in [-0.39, 0.29) is 29.9 Å². The Hall–Kier alpha value is -0.900. The van der Waals surface area contributed by atoms with Gasteiger partial charge in [0, 0.05) is 26.2 Å². The van der Waals surface area contributed by atoms with Crippen molar-refractivity contribution in [2.45, 2.75) is 52.5 Å². The van der Waals surface area contributed by atoms with E-state index in [1.165, 1.54) is 30.6 Å². The molecule has 1 rings (SSSR count). The Balaban J connectivity index is 0.00000529. The quantitative estimate of drug-likeness (QED) is 0.226. The van der Waals surface area contributed by atoms with Gasteiger partial charge in [-0.1, -0.05) is 26.2 Å². The number of nitrogens with zero attached hydrogens (tertiary/aromatic N) is 2. The molecule has 1 heterocycles. The van der Waals surface area contributed by atoms with Crippen LogP contribution in [0.3, 0.4) is 0 Å². The SMILES string of the molecule is CCCCCC(C)NC(=NC)NCCNC(=O)c1scnc1C.I. The first kappa shape index (κ1) is 23.1. The number of thiazole rings is 1. The zero-order chi connectivity index (χ0) is 17.1. The Labute approximate surface area is 166 Å². The van der Waals surface area contributed by atoms with Crippen LogP contribution in [0.1, 0.15) is 54.9 Å². The Bertz CT molecular complexity index is 506. The molecule has 8 heteroatoms. The molecule has 0 spiro atoms. The minimum absolute atomic E-state index is 0. The van der Waals surface area contributed by atoms with Gasteiger partial charge in [-0.15, -0.1) is 35.3 Å². The molecule has 0 radical (unpaired) electrons. The Morgan fingerprint density at radius 3 is 2.62 bits per heavy atom. The van der Waals surface area contributed by atoms with Gasteiger partial charge in [0.15, 0.2) is 5.96 Å². The largest absolute Gasteiger partial charge is 0.355 e. The number of halogens is 1. The lowest BCUT2D eigenvalue weighted by molar-refractivity contribution is 0.0957. The van der Waals surface area contributed by atoms with Gasteiger partial charge in [0.1, 0.15) is 4.88 Å². The van der Waals surface area contributed by atoms with Gasteiger partial charge in [0.05, 0.1) is 11.2 Å². The van der Waals surface area contributed by atoms with Gasteiger partial charge in [0.2, 0.25) is 0 Å². The van der Waals surface area contributed by atoms with Gasteiger partial charge in [0.25, 0.3) is 5.91 Å². The van der Waals surface area contributed by atoms with Crippen molar-refractivity contribution in [2.24, 2.45) is 4.99 Å². The molecular formula is C16H30IN5OS. The molecule has 138 valence electrons. The molecule has 3 N–H and O–H groups in total. The second-order valence-corrected chi connectivity index (χ2v) is 6.42. The van der Waals surface area contributed by atoms with Crippen LogP contribution < -0.4 is 16.0 Å². The molecule has 1 aromatic heterocycles. The lowest BCUT2D eigenvalue weighted by atomic mass is 10.1. The minimum atomic E-state index is -0.0670. The summed E-state index contributed by atoms with van der Waals surface area (Å²) in [6.07, 6.45) is 4.86. The number of rotatable bonds is 9. The molecule has 1 amide bonds. The molecule has 0 bridgehead atoms. The summed E-state index contributed by atoms with van der Waals surface area (Å²) in [6.45, 7) is 7.39. The highest BCUT2D eigenvalue weighted by Gasteiger charge is 2.10. The number of carbonyl (C=O) groups excluding carboxylic acids is 1. The number of aromatic nitrogens is 1. The second kappa shape index (κ2) is 13.4. The van der Waals surface area contributed by atoms with E-state index in [9.17, 15) is 4.79 Å². The molecule has 1 aromatic rings. The topological polar surface area (TPSA) is 78.4 Å². The number of amides is 1. The van der Waals surface area contributed by atoms with Gasteiger partial charge >= 0.3 is 0 Å². The molecule has 0 aliphatic rings. The number of aryl methyl sites for hydroxylation is 1. The summed E-state index contributed by atoms with van der Waals surface area (Å²) in [5.74, 6) is 0.708. The molecule has 0 aromatic carbocycles. The standard InChI is InChI=1S/C16H29N5OS.HI/c1-5-6-7-8-12(2)21-16(17-4)19-10-9-18-15(22)14-13(3)20-11-23-14;/h11-12H,5-10H2,1-4H3,(H,18,22)(H2,17,19,21);1H. The van der Waals surface area contributed by atoms with E-state index in [0.29, 0.717) is 24.0 Å². The van der Waals surface area contributed by atoms with Crippen LogP contribution in [0.15, 0.2) is 10.5 Å². The van der Waals surface area contributed by atoms with Gasteiger partial charge in [-0.05, 0) is 20.3 Å². The van der Waals surface area contributed by atoms with Crippen LogP contribution in [0.4, 0.5) is 0 Å². The highest BCUT2D eigenvalue weighted by atomic mass is 127. The number of nitrogens with one attached hydrogen (secondary N) is 3. The van der Waals surface area contributed by atoms with E-state index in [2.05, 4.69) is 39.8 Å². The van der Waals surface area contributed by atoms with E-state index in [1.807, 2.05) is 6.92 Å². The van der Waals surface area contributed by atoms with Crippen molar-refractivity contribution >= 4 is 47.2 Å². The summed E-state index contributed by atoms with van der Waals surface area (Å²) in [7, 11) is 1.76. The lowest BCUT2D eigenvalue weighted by Gasteiger charge is -2.18. The summed E-state index contributed by atoms with van der Waals surface area (Å²) in [5, 5.41) is 9.47. The van der Waals surface area contributed by atoms with Gasteiger partial charge in [-0.3, -0.25) is 9.79 Å². The second-order valence-electron chi connectivity index (χ2n) is 5.56. The summed E-state index contributed by atoms with van der Waals surface area (Å²) < 4.78 is 0. The van der Waals surface area contributed by atoms with E-state index in [0.717, 1.165) is 18.1 Å². The Morgan fingerprint density at radius 1 is 1.33 bits per heavy atom. The van der Waals surface area contributed by atoms with E-state index in [1.54, 1.807) is 12.6 Å². The monoisotopic (exact) mass is 467 g/mol. The third-order valence-electron chi connectivity index (χ3n) is 3.50. The third-order valence-corrected chi connectivity index (χ3v) is 4.43. The van der Waals surface area contributed by atoms with Crippen molar-refractivity contribution < 1.29 is 4.79 Å². The number of aliphatic imine (C=N–C) groups is 1.